The lowest BCUT2D eigenvalue weighted by Gasteiger charge is -2.35. The molecule has 1 unspecified atom stereocenters. The van der Waals surface area contributed by atoms with Crippen molar-refractivity contribution in [1.29, 1.82) is 0 Å². The maximum Gasteiger partial charge on any atom is 0.228 e. The van der Waals surface area contributed by atoms with Gasteiger partial charge in [-0.1, -0.05) is 77.8 Å². The fraction of sp³-hybridized carbons (Fsp3) is 0.136. The summed E-state index contributed by atoms with van der Waals surface area (Å²) in [5.74, 6) is -0.154. The molecule has 5 heteroatoms. The second-order valence-corrected chi connectivity index (χ2v) is 8.02. The molecule has 1 aliphatic heterocycles. The standard InChI is InChI=1S/C22H16Cl3NO/c1-13(23)12-26-20-9-6-14-4-2-3-5-16(14)22(20)18(11-21(26)27)17-8-7-15(24)10-19(17)25/h2-10,18H,1,11-12H2. The van der Waals surface area contributed by atoms with E-state index in [2.05, 4.69) is 18.7 Å². The summed E-state index contributed by atoms with van der Waals surface area (Å²) >= 11 is 18.6. The summed E-state index contributed by atoms with van der Waals surface area (Å²) in [7, 11) is 0. The molecule has 136 valence electrons. The third-order valence-corrected chi connectivity index (χ3v) is 5.62. The molecule has 1 amide bonds. The highest BCUT2D eigenvalue weighted by molar-refractivity contribution is 6.35. The molecule has 2 nitrogen and oxygen atoms in total. The van der Waals surface area contributed by atoms with E-state index in [9.17, 15) is 4.79 Å². The Balaban J connectivity index is 1.99. The molecule has 0 aromatic heterocycles. The predicted molar refractivity (Wildman–Crippen MR) is 114 cm³/mol. The zero-order valence-corrected chi connectivity index (χ0v) is 16.7. The smallest absolute Gasteiger partial charge is 0.228 e. The number of hydrogen-bond donors (Lipinski definition) is 0. The fourth-order valence-electron chi connectivity index (χ4n) is 3.80. The van der Waals surface area contributed by atoms with Gasteiger partial charge in [0.15, 0.2) is 0 Å². The molecule has 0 aliphatic carbocycles. The van der Waals surface area contributed by atoms with E-state index < -0.39 is 0 Å². The lowest BCUT2D eigenvalue weighted by molar-refractivity contribution is -0.119. The number of amides is 1. The van der Waals surface area contributed by atoms with Crippen molar-refractivity contribution >= 4 is 57.2 Å². The van der Waals surface area contributed by atoms with E-state index in [0.717, 1.165) is 27.6 Å². The molecule has 0 saturated heterocycles. The minimum atomic E-state index is -0.150. The van der Waals surface area contributed by atoms with Crippen LogP contribution in [0.25, 0.3) is 10.8 Å². The maximum atomic E-state index is 12.9. The Bertz CT molecular complexity index is 1080. The number of benzene rings is 3. The third kappa shape index (κ3) is 3.34. The van der Waals surface area contributed by atoms with E-state index in [1.54, 1.807) is 11.0 Å². The SMILES string of the molecule is C=C(Cl)CN1C(=O)CC(c2ccc(Cl)cc2Cl)c2c1ccc1ccccc21. The van der Waals surface area contributed by atoms with Gasteiger partial charge in [-0.25, -0.2) is 0 Å². The van der Waals surface area contributed by atoms with Crippen LogP contribution in [0, 0.1) is 0 Å². The molecule has 1 aliphatic rings. The summed E-state index contributed by atoms with van der Waals surface area (Å²) < 4.78 is 0. The highest BCUT2D eigenvalue weighted by atomic mass is 35.5. The summed E-state index contributed by atoms with van der Waals surface area (Å²) in [6, 6.07) is 17.6. The lowest BCUT2D eigenvalue weighted by Crippen LogP contribution is -2.38. The molecule has 1 atom stereocenters. The minimum Gasteiger partial charge on any atom is -0.307 e. The molecule has 3 aromatic rings. The van der Waals surface area contributed by atoms with Gasteiger partial charge in [-0.2, -0.15) is 0 Å². The van der Waals surface area contributed by atoms with Crippen molar-refractivity contribution in [2.45, 2.75) is 12.3 Å². The molecule has 0 saturated carbocycles. The molecular weight excluding hydrogens is 401 g/mol. The first-order valence-corrected chi connectivity index (χ1v) is 9.69. The van der Waals surface area contributed by atoms with Crippen molar-refractivity contribution in [2.75, 3.05) is 11.4 Å². The zero-order chi connectivity index (χ0) is 19.1. The molecule has 0 spiro atoms. The van der Waals surface area contributed by atoms with Crippen molar-refractivity contribution in [3.63, 3.8) is 0 Å². The number of halogens is 3. The molecule has 27 heavy (non-hydrogen) atoms. The quantitative estimate of drug-likeness (QED) is 0.461. The Hall–Kier alpha value is -2.00. The number of anilines is 1. The van der Waals surface area contributed by atoms with Crippen molar-refractivity contribution in [1.82, 2.24) is 0 Å². The first-order chi connectivity index (χ1) is 13.0. The van der Waals surface area contributed by atoms with Gasteiger partial charge in [-0.15, -0.1) is 0 Å². The minimum absolute atomic E-state index is 0.00408. The summed E-state index contributed by atoms with van der Waals surface area (Å²) in [4.78, 5) is 14.7. The van der Waals surface area contributed by atoms with Crippen LogP contribution in [0.2, 0.25) is 10.0 Å². The van der Waals surface area contributed by atoms with E-state index in [0.29, 0.717) is 21.5 Å². The molecule has 1 heterocycles. The number of carbonyl (C=O) groups excluding carboxylic acids is 1. The second kappa shape index (κ2) is 7.20. The average molecular weight is 417 g/mol. The largest absolute Gasteiger partial charge is 0.307 e. The summed E-state index contributed by atoms with van der Waals surface area (Å²) in [6.07, 6.45) is 0.312. The topological polar surface area (TPSA) is 20.3 Å². The molecule has 0 fully saturated rings. The normalized spacial score (nSPS) is 16.5. The van der Waals surface area contributed by atoms with Gasteiger partial charge in [0.05, 0.1) is 6.54 Å². The van der Waals surface area contributed by atoms with Crippen LogP contribution in [0.15, 0.2) is 66.2 Å². The van der Waals surface area contributed by atoms with Crippen LogP contribution in [0.4, 0.5) is 5.69 Å². The van der Waals surface area contributed by atoms with Gasteiger partial charge in [-0.05, 0) is 40.1 Å². The zero-order valence-electron chi connectivity index (χ0n) is 14.4. The van der Waals surface area contributed by atoms with Gasteiger partial charge in [0.1, 0.15) is 0 Å². The number of rotatable bonds is 3. The Kier molecular flexibility index (Phi) is 4.90. The lowest BCUT2D eigenvalue weighted by atomic mass is 9.81. The summed E-state index contributed by atoms with van der Waals surface area (Å²) in [5.41, 5.74) is 2.83. The molecule has 0 N–H and O–H groups in total. The maximum absolute atomic E-state index is 12.9. The third-order valence-electron chi connectivity index (χ3n) is 4.93. The molecular formula is C22H16Cl3NO. The van der Waals surface area contributed by atoms with E-state index >= 15 is 0 Å². The van der Waals surface area contributed by atoms with Crippen molar-refractivity contribution in [2.24, 2.45) is 0 Å². The van der Waals surface area contributed by atoms with Crippen LogP contribution in [-0.4, -0.2) is 12.5 Å². The van der Waals surface area contributed by atoms with Crippen molar-refractivity contribution in [3.8, 4) is 0 Å². The highest BCUT2D eigenvalue weighted by Gasteiger charge is 2.34. The van der Waals surface area contributed by atoms with Crippen LogP contribution in [0.3, 0.4) is 0 Å². The second-order valence-electron chi connectivity index (χ2n) is 6.64. The number of fused-ring (bicyclic) bond motifs is 3. The van der Waals surface area contributed by atoms with Gasteiger partial charge >= 0.3 is 0 Å². The molecule has 4 rings (SSSR count). The number of hydrogen-bond acceptors (Lipinski definition) is 1. The van der Waals surface area contributed by atoms with Gasteiger partial charge in [-0.3, -0.25) is 4.79 Å². The highest BCUT2D eigenvalue weighted by Crippen LogP contribution is 2.46. The number of carbonyl (C=O) groups is 1. The fourth-order valence-corrected chi connectivity index (χ4v) is 4.46. The first kappa shape index (κ1) is 18.4. The predicted octanol–water partition coefficient (Wildman–Crippen LogP) is 6.77. The van der Waals surface area contributed by atoms with Crippen LogP contribution in [0.1, 0.15) is 23.5 Å². The Morgan fingerprint density at radius 1 is 1.11 bits per heavy atom. The number of nitrogens with zero attached hydrogens (tertiary/aromatic N) is 1. The summed E-state index contributed by atoms with van der Waals surface area (Å²) in [6.45, 7) is 4.04. The van der Waals surface area contributed by atoms with Crippen LogP contribution in [-0.2, 0) is 4.79 Å². The van der Waals surface area contributed by atoms with Gasteiger partial charge in [0.25, 0.3) is 0 Å². The average Bonchev–Trinajstić information content (AvgIpc) is 2.63. The van der Waals surface area contributed by atoms with E-state index in [1.165, 1.54) is 0 Å². The van der Waals surface area contributed by atoms with E-state index in [4.69, 9.17) is 34.8 Å². The Labute approximate surface area is 172 Å². The Morgan fingerprint density at radius 3 is 2.63 bits per heavy atom. The Morgan fingerprint density at radius 2 is 1.89 bits per heavy atom. The van der Waals surface area contributed by atoms with Gasteiger partial charge in [0.2, 0.25) is 5.91 Å². The monoisotopic (exact) mass is 415 g/mol. The van der Waals surface area contributed by atoms with Crippen molar-refractivity contribution < 1.29 is 4.79 Å². The van der Waals surface area contributed by atoms with Crippen LogP contribution < -0.4 is 4.90 Å². The van der Waals surface area contributed by atoms with Crippen LogP contribution >= 0.6 is 34.8 Å². The van der Waals surface area contributed by atoms with E-state index in [1.807, 2.05) is 36.4 Å². The summed E-state index contributed by atoms with van der Waals surface area (Å²) in [5, 5.41) is 3.78. The van der Waals surface area contributed by atoms with Gasteiger partial charge in [0, 0.05) is 33.1 Å². The van der Waals surface area contributed by atoms with Crippen LogP contribution in [0.5, 0.6) is 0 Å². The molecule has 0 radical (unpaired) electrons. The van der Waals surface area contributed by atoms with Crippen molar-refractivity contribution in [3.05, 3.63) is 87.4 Å². The molecule has 3 aromatic carbocycles. The first-order valence-electron chi connectivity index (χ1n) is 8.56. The van der Waals surface area contributed by atoms with E-state index in [-0.39, 0.29) is 18.4 Å². The van der Waals surface area contributed by atoms with Gasteiger partial charge < -0.3 is 4.90 Å². The molecule has 0 bridgehead atoms.